The zero-order valence-corrected chi connectivity index (χ0v) is 18.9. The zero-order valence-electron chi connectivity index (χ0n) is 18.1. The standard InChI is InChI=1S/C22H35N5OS/c1-16(2)18(27-11-9-26(4)10-12-27)14-24-22(23-3)25-15-19(28)21-13-17-7-5-6-8-20(17)29-21/h5-8,13,16,18-19,28H,9-12,14-15H2,1-4H3,(H2,23,24,25). The molecule has 160 valence electrons. The first-order valence-corrected chi connectivity index (χ1v) is 11.3. The molecule has 2 atom stereocenters. The van der Waals surface area contributed by atoms with Crippen LogP contribution in [0.4, 0.5) is 0 Å². The van der Waals surface area contributed by atoms with Gasteiger partial charge in [-0.3, -0.25) is 9.89 Å². The summed E-state index contributed by atoms with van der Waals surface area (Å²) in [6.45, 7) is 10.3. The lowest BCUT2D eigenvalue weighted by molar-refractivity contribution is 0.0899. The fourth-order valence-electron chi connectivity index (χ4n) is 3.82. The molecule has 6 nitrogen and oxygen atoms in total. The number of fused-ring (bicyclic) bond motifs is 1. The van der Waals surface area contributed by atoms with Crippen LogP contribution in [0.3, 0.4) is 0 Å². The number of aliphatic hydroxyl groups excluding tert-OH is 1. The molecule has 0 aliphatic carbocycles. The molecule has 7 heteroatoms. The van der Waals surface area contributed by atoms with Gasteiger partial charge < -0.3 is 20.6 Å². The van der Waals surface area contributed by atoms with E-state index in [1.165, 1.54) is 10.1 Å². The summed E-state index contributed by atoms with van der Waals surface area (Å²) >= 11 is 1.64. The van der Waals surface area contributed by atoms with Gasteiger partial charge >= 0.3 is 0 Å². The minimum absolute atomic E-state index is 0.438. The van der Waals surface area contributed by atoms with Crippen molar-refractivity contribution in [3.05, 3.63) is 35.2 Å². The topological polar surface area (TPSA) is 63.1 Å². The fraction of sp³-hybridized carbons (Fsp3) is 0.591. The highest BCUT2D eigenvalue weighted by Crippen LogP contribution is 2.29. The molecular weight excluding hydrogens is 382 g/mol. The highest BCUT2D eigenvalue weighted by molar-refractivity contribution is 7.19. The third kappa shape index (κ3) is 5.92. The Hall–Kier alpha value is -1.67. The summed E-state index contributed by atoms with van der Waals surface area (Å²) < 4.78 is 1.20. The second kappa shape index (κ2) is 10.4. The predicted octanol–water partition coefficient (Wildman–Crippen LogP) is 2.37. The van der Waals surface area contributed by atoms with Gasteiger partial charge in [0.25, 0.3) is 0 Å². The largest absolute Gasteiger partial charge is 0.386 e. The predicted molar refractivity (Wildman–Crippen MR) is 124 cm³/mol. The molecule has 3 N–H and O–H groups in total. The van der Waals surface area contributed by atoms with Crippen molar-refractivity contribution in [3.63, 3.8) is 0 Å². The van der Waals surface area contributed by atoms with Crippen LogP contribution in [0.5, 0.6) is 0 Å². The normalized spacial score (nSPS) is 18.9. The van der Waals surface area contributed by atoms with Crippen molar-refractivity contribution < 1.29 is 5.11 Å². The van der Waals surface area contributed by atoms with E-state index in [9.17, 15) is 5.11 Å². The van der Waals surface area contributed by atoms with Crippen LogP contribution in [0.1, 0.15) is 24.8 Å². The number of benzene rings is 1. The van der Waals surface area contributed by atoms with Crippen molar-refractivity contribution in [2.45, 2.75) is 26.0 Å². The molecule has 2 aromatic rings. The molecule has 1 fully saturated rings. The number of nitrogens with one attached hydrogen (secondary N) is 2. The third-order valence-electron chi connectivity index (χ3n) is 5.71. The SMILES string of the molecule is CN=C(NCC(O)c1cc2ccccc2s1)NCC(C(C)C)N1CCN(C)CC1. The molecule has 0 bridgehead atoms. The Morgan fingerprint density at radius 2 is 1.83 bits per heavy atom. The van der Waals surface area contributed by atoms with Gasteiger partial charge in [-0.1, -0.05) is 32.0 Å². The number of hydrogen-bond donors (Lipinski definition) is 3. The van der Waals surface area contributed by atoms with Gasteiger partial charge in [0.05, 0.1) is 0 Å². The van der Waals surface area contributed by atoms with Crippen LogP contribution >= 0.6 is 11.3 Å². The van der Waals surface area contributed by atoms with Crippen molar-refractivity contribution in [3.8, 4) is 0 Å². The van der Waals surface area contributed by atoms with Crippen LogP contribution in [-0.4, -0.2) is 80.3 Å². The van der Waals surface area contributed by atoms with Crippen LogP contribution in [0.2, 0.25) is 0 Å². The van der Waals surface area contributed by atoms with E-state index in [2.05, 4.69) is 64.5 Å². The van der Waals surface area contributed by atoms with Crippen LogP contribution in [-0.2, 0) is 0 Å². The van der Waals surface area contributed by atoms with Crippen molar-refractivity contribution in [1.29, 1.82) is 0 Å². The fourth-order valence-corrected chi connectivity index (χ4v) is 4.87. The molecule has 2 unspecified atom stereocenters. The van der Waals surface area contributed by atoms with E-state index >= 15 is 0 Å². The van der Waals surface area contributed by atoms with E-state index in [1.54, 1.807) is 18.4 Å². The van der Waals surface area contributed by atoms with E-state index in [1.807, 2.05) is 12.1 Å². The second-order valence-corrected chi connectivity index (χ2v) is 9.30. The summed E-state index contributed by atoms with van der Waals surface area (Å²) in [4.78, 5) is 10.3. The Bertz CT molecular complexity index is 764. The van der Waals surface area contributed by atoms with E-state index in [4.69, 9.17) is 0 Å². The minimum Gasteiger partial charge on any atom is -0.386 e. The molecule has 1 aliphatic heterocycles. The van der Waals surface area contributed by atoms with E-state index < -0.39 is 6.10 Å². The molecule has 3 rings (SSSR count). The lowest BCUT2D eigenvalue weighted by Gasteiger charge is -2.40. The summed E-state index contributed by atoms with van der Waals surface area (Å²) in [7, 11) is 3.97. The maximum atomic E-state index is 10.6. The number of hydrogen-bond acceptors (Lipinski definition) is 5. The molecular formula is C22H35N5OS. The Balaban J connectivity index is 1.51. The molecule has 1 aliphatic rings. The van der Waals surface area contributed by atoms with Crippen molar-refractivity contribution in [2.24, 2.45) is 10.9 Å². The Labute approximate surface area is 178 Å². The number of guanidine groups is 1. The average Bonchev–Trinajstić information content (AvgIpc) is 3.15. The lowest BCUT2D eigenvalue weighted by Crippen LogP contribution is -2.55. The zero-order chi connectivity index (χ0) is 20.8. The van der Waals surface area contributed by atoms with Crippen LogP contribution in [0, 0.1) is 5.92 Å². The summed E-state index contributed by atoms with van der Waals surface area (Å²) in [5.41, 5.74) is 0. The lowest BCUT2D eigenvalue weighted by atomic mass is 10.0. The first kappa shape index (κ1) is 22.0. The van der Waals surface area contributed by atoms with Crippen molar-refractivity contribution >= 4 is 27.4 Å². The van der Waals surface area contributed by atoms with Crippen LogP contribution < -0.4 is 10.6 Å². The molecule has 0 saturated carbocycles. The van der Waals surface area contributed by atoms with Gasteiger partial charge in [0.1, 0.15) is 6.10 Å². The number of aliphatic hydroxyl groups is 1. The highest BCUT2D eigenvalue weighted by Gasteiger charge is 2.25. The minimum atomic E-state index is -0.551. The maximum absolute atomic E-state index is 10.6. The maximum Gasteiger partial charge on any atom is 0.191 e. The van der Waals surface area contributed by atoms with Crippen LogP contribution in [0.25, 0.3) is 10.1 Å². The van der Waals surface area contributed by atoms with E-state index in [0.717, 1.165) is 43.6 Å². The van der Waals surface area contributed by atoms with Gasteiger partial charge in [-0.25, -0.2) is 0 Å². The van der Waals surface area contributed by atoms with Crippen LogP contribution in [0.15, 0.2) is 35.3 Å². The first-order chi connectivity index (χ1) is 14.0. The molecule has 0 amide bonds. The summed E-state index contributed by atoms with van der Waals surface area (Å²) in [6, 6.07) is 10.8. The van der Waals surface area contributed by atoms with Gasteiger partial charge in [-0.05, 0) is 30.5 Å². The first-order valence-electron chi connectivity index (χ1n) is 10.5. The number of thiophene rings is 1. The monoisotopic (exact) mass is 417 g/mol. The number of nitrogens with zero attached hydrogens (tertiary/aromatic N) is 3. The molecule has 29 heavy (non-hydrogen) atoms. The third-order valence-corrected chi connectivity index (χ3v) is 6.93. The number of likely N-dealkylation sites (N-methyl/N-ethyl adjacent to an activating group) is 1. The molecule has 1 aromatic heterocycles. The molecule has 0 spiro atoms. The summed E-state index contributed by atoms with van der Waals surface area (Å²) in [5, 5.41) is 18.5. The van der Waals surface area contributed by atoms with Gasteiger partial charge in [0.15, 0.2) is 5.96 Å². The summed E-state index contributed by atoms with van der Waals surface area (Å²) in [5.74, 6) is 1.30. The quantitative estimate of drug-likeness (QED) is 0.477. The summed E-state index contributed by atoms with van der Waals surface area (Å²) in [6.07, 6.45) is -0.551. The van der Waals surface area contributed by atoms with E-state index in [0.29, 0.717) is 18.5 Å². The second-order valence-electron chi connectivity index (χ2n) is 8.19. The smallest absolute Gasteiger partial charge is 0.191 e. The Kier molecular flexibility index (Phi) is 7.89. The Morgan fingerprint density at radius 1 is 1.14 bits per heavy atom. The number of aliphatic imine (C=N–C) groups is 1. The highest BCUT2D eigenvalue weighted by atomic mass is 32.1. The van der Waals surface area contributed by atoms with Gasteiger partial charge in [0.2, 0.25) is 0 Å². The van der Waals surface area contributed by atoms with Gasteiger partial charge in [-0.2, -0.15) is 0 Å². The Morgan fingerprint density at radius 3 is 2.48 bits per heavy atom. The van der Waals surface area contributed by atoms with Gasteiger partial charge in [0, 0.05) is 61.9 Å². The van der Waals surface area contributed by atoms with Crippen molar-refractivity contribution in [2.75, 3.05) is 53.4 Å². The van der Waals surface area contributed by atoms with Crippen molar-refractivity contribution in [1.82, 2.24) is 20.4 Å². The van der Waals surface area contributed by atoms with Gasteiger partial charge in [-0.15, -0.1) is 11.3 Å². The number of rotatable bonds is 7. The van der Waals surface area contributed by atoms with E-state index in [-0.39, 0.29) is 0 Å². The molecule has 2 heterocycles. The molecule has 1 aromatic carbocycles. The number of piperazine rings is 1. The molecule has 1 saturated heterocycles. The average molecular weight is 418 g/mol. The molecule has 0 radical (unpaired) electrons.